The Morgan fingerprint density at radius 1 is 1.17 bits per heavy atom. The first-order valence-electron chi connectivity index (χ1n) is 11.8. The van der Waals surface area contributed by atoms with Crippen LogP contribution >= 0.6 is 0 Å². The topological polar surface area (TPSA) is 46.5 Å². The van der Waals surface area contributed by atoms with Crippen LogP contribution in [-0.2, 0) is 11.2 Å². The van der Waals surface area contributed by atoms with E-state index in [-0.39, 0.29) is 23.6 Å². The number of carbonyl (C=O) groups excluding carboxylic acids is 1. The van der Waals surface area contributed by atoms with Crippen molar-refractivity contribution in [1.82, 2.24) is 0 Å². The fourth-order valence-corrected chi connectivity index (χ4v) is 4.41. The van der Waals surface area contributed by atoms with Crippen molar-refractivity contribution in [2.75, 3.05) is 0 Å². The summed E-state index contributed by atoms with van der Waals surface area (Å²) in [5.74, 6) is 0.786. The molecule has 0 amide bonds. The highest BCUT2D eigenvalue weighted by molar-refractivity contribution is 5.73. The molecule has 1 N–H and O–H groups in total. The molecule has 0 saturated heterocycles. The predicted octanol–water partition coefficient (Wildman–Crippen LogP) is 7.63. The largest absolute Gasteiger partial charge is 0.507 e. The molecule has 1 aliphatic carbocycles. The van der Waals surface area contributed by atoms with Gasteiger partial charge in [-0.25, -0.2) is 0 Å². The van der Waals surface area contributed by atoms with E-state index in [0.717, 1.165) is 74.5 Å². The molecule has 30 heavy (non-hydrogen) atoms. The minimum absolute atomic E-state index is 0.0145. The highest BCUT2D eigenvalue weighted by Gasteiger charge is 2.31. The molecule has 3 heteroatoms. The zero-order valence-electron chi connectivity index (χ0n) is 19.4. The van der Waals surface area contributed by atoms with Crippen LogP contribution < -0.4 is 4.74 Å². The number of rotatable bonds is 11. The summed E-state index contributed by atoms with van der Waals surface area (Å²) in [4.78, 5) is 12.5. The number of aryl methyl sites for hydroxylation is 1. The van der Waals surface area contributed by atoms with Gasteiger partial charge in [0.1, 0.15) is 11.5 Å². The van der Waals surface area contributed by atoms with Crippen molar-refractivity contribution < 1.29 is 14.6 Å². The third-order valence-electron chi connectivity index (χ3n) is 6.17. The second kappa shape index (κ2) is 12.0. The molecule has 1 aromatic rings. The van der Waals surface area contributed by atoms with Gasteiger partial charge < -0.3 is 9.84 Å². The standard InChI is InChI=1S/C27H40O3/c1-6-8-10-12-21-17-24(28)27(23-16-20(5)14-15-22(23)19(3)4)25(18-21)30-26(29)13-11-9-7-2/h16-18,22-23,28H,3,6-15H2,1-2,4-5H3/t22-,23+/m0/s1. The van der Waals surface area contributed by atoms with E-state index in [9.17, 15) is 9.90 Å². The van der Waals surface area contributed by atoms with Gasteiger partial charge in [0.25, 0.3) is 0 Å². The average Bonchev–Trinajstić information content (AvgIpc) is 2.68. The molecule has 2 atom stereocenters. The quantitative estimate of drug-likeness (QED) is 0.176. The van der Waals surface area contributed by atoms with E-state index < -0.39 is 0 Å². The van der Waals surface area contributed by atoms with Gasteiger partial charge in [0.15, 0.2) is 0 Å². The number of aromatic hydroxyl groups is 1. The highest BCUT2D eigenvalue weighted by atomic mass is 16.5. The minimum atomic E-state index is -0.210. The molecule has 2 rings (SSSR count). The zero-order chi connectivity index (χ0) is 22.1. The summed E-state index contributed by atoms with van der Waals surface area (Å²) in [6, 6.07) is 3.85. The molecule has 0 heterocycles. The lowest BCUT2D eigenvalue weighted by atomic mass is 9.73. The van der Waals surface area contributed by atoms with E-state index in [1.165, 1.54) is 5.57 Å². The molecular formula is C27H40O3. The number of unbranched alkanes of at least 4 members (excludes halogenated alkanes) is 4. The van der Waals surface area contributed by atoms with Gasteiger partial charge in [-0.15, -0.1) is 0 Å². The van der Waals surface area contributed by atoms with Crippen molar-refractivity contribution in [2.24, 2.45) is 5.92 Å². The van der Waals surface area contributed by atoms with Crippen molar-refractivity contribution in [3.63, 3.8) is 0 Å². The van der Waals surface area contributed by atoms with Crippen LogP contribution in [0.3, 0.4) is 0 Å². The highest BCUT2D eigenvalue weighted by Crippen LogP contribution is 2.47. The average molecular weight is 413 g/mol. The monoisotopic (exact) mass is 412 g/mol. The number of allylic oxidation sites excluding steroid dienone is 3. The van der Waals surface area contributed by atoms with Crippen molar-refractivity contribution in [2.45, 2.75) is 97.8 Å². The van der Waals surface area contributed by atoms with E-state index in [1.54, 1.807) is 0 Å². The predicted molar refractivity (Wildman–Crippen MR) is 125 cm³/mol. The summed E-state index contributed by atoms with van der Waals surface area (Å²) in [7, 11) is 0. The molecule has 3 nitrogen and oxygen atoms in total. The summed E-state index contributed by atoms with van der Waals surface area (Å²) in [5, 5.41) is 11.0. The SMILES string of the molecule is C=C(C)[C@@H]1CCC(C)=C[C@H]1c1c(O)cc(CCCCC)cc1OC(=O)CCCCC. The third kappa shape index (κ3) is 6.75. The van der Waals surface area contributed by atoms with Gasteiger partial charge in [-0.1, -0.05) is 63.3 Å². The van der Waals surface area contributed by atoms with Crippen LogP contribution in [0.15, 0.2) is 35.9 Å². The fraction of sp³-hybridized carbons (Fsp3) is 0.593. The molecule has 0 saturated carbocycles. The molecule has 0 radical (unpaired) electrons. The number of phenolic OH excluding ortho intramolecular Hbond substituents is 1. The van der Waals surface area contributed by atoms with E-state index in [1.807, 2.05) is 12.1 Å². The number of ether oxygens (including phenoxy) is 1. The second-order valence-corrected chi connectivity index (χ2v) is 8.95. The minimum Gasteiger partial charge on any atom is -0.507 e. The third-order valence-corrected chi connectivity index (χ3v) is 6.17. The lowest BCUT2D eigenvalue weighted by Gasteiger charge is -2.32. The van der Waals surface area contributed by atoms with Crippen LogP contribution in [0.25, 0.3) is 0 Å². The first-order chi connectivity index (χ1) is 14.4. The number of carbonyl (C=O) groups is 1. The lowest BCUT2D eigenvalue weighted by molar-refractivity contribution is -0.134. The van der Waals surface area contributed by atoms with Gasteiger partial charge in [-0.2, -0.15) is 0 Å². The van der Waals surface area contributed by atoms with Gasteiger partial charge >= 0.3 is 5.97 Å². The molecule has 1 aliphatic rings. The Morgan fingerprint density at radius 3 is 2.53 bits per heavy atom. The number of phenols is 1. The number of hydrogen-bond donors (Lipinski definition) is 1. The number of benzene rings is 1. The Morgan fingerprint density at radius 2 is 1.87 bits per heavy atom. The van der Waals surface area contributed by atoms with Crippen molar-refractivity contribution >= 4 is 5.97 Å². The maximum Gasteiger partial charge on any atom is 0.311 e. The Hall–Kier alpha value is -2.03. The van der Waals surface area contributed by atoms with Crippen LogP contribution in [0.1, 0.15) is 103 Å². The smallest absolute Gasteiger partial charge is 0.311 e. The first-order valence-corrected chi connectivity index (χ1v) is 11.8. The van der Waals surface area contributed by atoms with Crippen LogP contribution in [-0.4, -0.2) is 11.1 Å². The van der Waals surface area contributed by atoms with E-state index in [4.69, 9.17) is 4.74 Å². The molecule has 1 aromatic carbocycles. The molecule has 0 bridgehead atoms. The van der Waals surface area contributed by atoms with Crippen molar-refractivity contribution in [1.29, 1.82) is 0 Å². The van der Waals surface area contributed by atoms with Gasteiger partial charge in [0.05, 0.1) is 0 Å². The Bertz CT molecular complexity index is 760. The maximum absolute atomic E-state index is 12.5. The lowest BCUT2D eigenvalue weighted by Crippen LogP contribution is -2.19. The van der Waals surface area contributed by atoms with E-state index in [2.05, 4.69) is 40.3 Å². The number of hydrogen-bond acceptors (Lipinski definition) is 3. The summed E-state index contributed by atoms with van der Waals surface area (Å²) in [6.07, 6.45) is 11.9. The fourth-order valence-electron chi connectivity index (χ4n) is 4.41. The second-order valence-electron chi connectivity index (χ2n) is 8.95. The van der Waals surface area contributed by atoms with E-state index in [0.29, 0.717) is 12.2 Å². The summed E-state index contributed by atoms with van der Waals surface area (Å²) in [5.41, 5.74) is 4.19. The van der Waals surface area contributed by atoms with Gasteiger partial charge in [0.2, 0.25) is 0 Å². The van der Waals surface area contributed by atoms with Crippen LogP contribution in [0.2, 0.25) is 0 Å². The Balaban J connectivity index is 2.41. The van der Waals surface area contributed by atoms with Crippen molar-refractivity contribution in [3.8, 4) is 11.5 Å². The van der Waals surface area contributed by atoms with Crippen LogP contribution in [0.4, 0.5) is 0 Å². The van der Waals surface area contributed by atoms with Crippen LogP contribution in [0.5, 0.6) is 11.5 Å². The van der Waals surface area contributed by atoms with Crippen molar-refractivity contribution in [3.05, 3.63) is 47.1 Å². The molecule has 166 valence electrons. The summed E-state index contributed by atoms with van der Waals surface area (Å²) >= 11 is 0. The number of esters is 1. The maximum atomic E-state index is 12.5. The van der Waals surface area contributed by atoms with Gasteiger partial charge in [0, 0.05) is 17.9 Å². The molecule has 0 aliphatic heterocycles. The first kappa shape index (κ1) is 24.2. The van der Waals surface area contributed by atoms with E-state index >= 15 is 0 Å². The molecule has 0 aromatic heterocycles. The Kier molecular flexibility index (Phi) is 9.68. The van der Waals surface area contributed by atoms with Gasteiger partial charge in [-0.3, -0.25) is 4.79 Å². The molecule has 0 fully saturated rings. The molecule has 0 unspecified atom stereocenters. The zero-order valence-corrected chi connectivity index (χ0v) is 19.4. The summed E-state index contributed by atoms with van der Waals surface area (Å²) < 4.78 is 5.88. The summed E-state index contributed by atoms with van der Waals surface area (Å²) in [6.45, 7) is 12.7. The molecular weight excluding hydrogens is 372 g/mol. The van der Waals surface area contributed by atoms with Gasteiger partial charge in [-0.05, 0) is 69.6 Å². The van der Waals surface area contributed by atoms with Crippen LogP contribution in [0, 0.1) is 5.92 Å². The normalized spacial score (nSPS) is 18.7. The Labute approximate surface area is 183 Å². The molecule has 0 spiro atoms.